The highest BCUT2D eigenvalue weighted by Gasteiger charge is 2.38. The van der Waals surface area contributed by atoms with E-state index < -0.39 is 12.0 Å². The van der Waals surface area contributed by atoms with E-state index in [-0.39, 0.29) is 18.7 Å². The van der Waals surface area contributed by atoms with Crippen molar-refractivity contribution in [3.63, 3.8) is 0 Å². The van der Waals surface area contributed by atoms with Crippen LogP contribution in [-0.2, 0) is 14.3 Å². The molecule has 9 nitrogen and oxygen atoms in total. The number of hydrogen-bond acceptors (Lipinski definition) is 6. The van der Waals surface area contributed by atoms with Crippen LogP contribution in [0.2, 0.25) is 0 Å². The maximum absolute atomic E-state index is 13.1. The predicted molar refractivity (Wildman–Crippen MR) is 119 cm³/mol. The lowest BCUT2D eigenvalue weighted by molar-refractivity contribution is -0.139. The van der Waals surface area contributed by atoms with Gasteiger partial charge in [-0.15, -0.1) is 0 Å². The molecule has 1 aromatic carbocycles. The van der Waals surface area contributed by atoms with Crippen LogP contribution in [-0.4, -0.2) is 85.3 Å². The van der Waals surface area contributed by atoms with Crippen molar-refractivity contribution in [1.82, 2.24) is 20.0 Å². The number of rotatable bonds is 7. The molecule has 32 heavy (non-hydrogen) atoms. The third-order valence-electron chi connectivity index (χ3n) is 5.65. The number of carbonyl (C=O) groups excluding carboxylic acids is 3. The van der Waals surface area contributed by atoms with Gasteiger partial charge in [0.15, 0.2) is 0 Å². The highest BCUT2D eigenvalue weighted by Crippen LogP contribution is 2.32. The molecular weight excluding hydrogens is 412 g/mol. The van der Waals surface area contributed by atoms with Crippen LogP contribution in [0.4, 0.5) is 9.59 Å². The molecule has 2 aliphatic rings. The van der Waals surface area contributed by atoms with Gasteiger partial charge in [-0.1, -0.05) is 30.3 Å². The van der Waals surface area contributed by atoms with Gasteiger partial charge in [0.05, 0.1) is 24.8 Å². The standard InChI is InChI=1S/C23H32N4O5/c1-4-27-18(16-25-12-14-26(15-13-25)23(30)32-6-3)19(21(28)31-5-2)20(24-22(27)29)17-10-8-7-9-11-17/h7-11,20H,4-6,12-16H2,1-3H3,(H,24,29). The Labute approximate surface area is 188 Å². The number of ether oxygens (including phenoxy) is 2. The van der Waals surface area contributed by atoms with Crippen LogP contribution in [0.25, 0.3) is 0 Å². The molecule has 0 saturated carbocycles. The van der Waals surface area contributed by atoms with Gasteiger partial charge in [0.1, 0.15) is 0 Å². The number of piperazine rings is 1. The number of benzene rings is 1. The van der Waals surface area contributed by atoms with Crippen molar-refractivity contribution in [2.75, 3.05) is 52.5 Å². The summed E-state index contributed by atoms with van der Waals surface area (Å²) < 4.78 is 10.5. The minimum atomic E-state index is -0.582. The molecule has 2 heterocycles. The molecule has 1 unspecified atom stereocenters. The molecule has 0 radical (unpaired) electrons. The van der Waals surface area contributed by atoms with Crippen molar-refractivity contribution in [2.24, 2.45) is 0 Å². The Morgan fingerprint density at radius 2 is 1.66 bits per heavy atom. The molecule has 0 spiro atoms. The van der Waals surface area contributed by atoms with E-state index in [1.54, 1.807) is 23.6 Å². The van der Waals surface area contributed by atoms with Crippen molar-refractivity contribution in [3.05, 3.63) is 47.2 Å². The zero-order chi connectivity index (χ0) is 23.1. The zero-order valence-electron chi connectivity index (χ0n) is 19.0. The van der Waals surface area contributed by atoms with E-state index in [1.807, 2.05) is 37.3 Å². The SMILES string of the molecule is CCOC(=O)C1=C(CN2CCN(C(=O)OCC)CC2)N(CC)C(=O)NC1c1ccccc1. The topological polar surface area (TPSA) is 91.4 Å². The summed E-state index contributed by atoms with van der Waals surface area (Å²) in [5, 5.41) is 2.97. The van der Waals surface area contributed by atoms with Crippen molar-refractivity contribution in [3.8, 4) is 0 Å². The van der Waals surface area contributed by atoms with Crippen molar-refractivity contribution < 1.29 is 23.9 Å². The maximum Gasteiger partial charge on any atom is 0.409 e. The fourth-order valence-electron chi connectivity index (χ4n) is 4.07. The summed E-state index contributed by atoms with van der Waals surface area (Å²) in [6.45, 7) is 9.15. The number of nitrogens with one attached hydrogen (secondary N) is 1. The second-order valence-electron chi connectivity index (χ2n) is 7.58. The van der Waals surface area contributed by atoms with Crippen LogP contribution in [0.3, 0.4) is 0 Å². The van der Waals surface area contributed by atoms with Crippen LogP contribution in [0, 0.1) is 0 Å². The Morgan fingerprint density at radius 3 is 2.25 bits per heavy atom. The molecule has 1 saturated heterocycles. The second-order valence-corrected chi connectivity index (χ2v) is 7.58. The van der Waals surface area contributed by atoms with Gasteiger partial charge >= 0.3 is 18.1 Å². The normalized spacial score (nSPS) is 19.6. The van der Waals surface area contributed by atoms with Crippen LogP contribution in [0.1, 0.15) is 32.4 Å². The first-order valence-electron chi connectivity index (χ1n) is 11.2. The molecule has 1 fully saturated rings. The fourth-order valence-corrected chi connectivity index (χ4v) is 4.07. The Balaban J connectivity index is 1.90. The number of hydrogen-bond donors (Lipinski definition) is 1. The summed E-state index contributed by atoms with van der Waals surface area (Å²) in [5.74, 6) is -0.431. The Kier molecular flexibility index (Phi) is 8.10. The Hall–Kier alpha value is -3.07. The molecule has 2 aliphatic heterocycles. The van der Waals surface area contributed by atoms with Gasteiger partial charge in [0.2, 0.25) is 0 Å². The molecule has 3 amide bonds. The summed E-state index contributed by atoms with van der Waals surface area (Å²) >= 11 is 0. The van der Waals surface area contributed by atoms with E-state index in [9.17, 15) is 14.4 Å². The van der Waals surface area contributed by atoms with E-state index in [2.05, 4.69) is 10.2 Å². The van der Waals surface area contributed by atoms with Gasteiger partial charge in [-0.05, 0) is 26.3 Å². The largest absolute Gasteiger partial charge is 0.463 e. The molecule has 1 atom stereocenters. The van der Waals surface area contributed by atoms with Gasteiger partial charge in [0.25, 0.3) is 0 Å². The molecule has 1 aromatic rings. The third-order valence-corrected chi connectivity index (χ3v) is 5.65. The van der Waals surface area contributed by atoms with Crippen LogP contribution < -0.4 is 5.32 Å². The summed E-state index contributed by atoms with van der Waals surface area (Å²) in [4.78, 5) is 43.4. The Bertz CT molecular complexity index is 849. The lowest BCUT2D eigenvalue weighted by Crippen LogP contribution is -2.53. The molecule has 174 valence electrons. The van der Waals surface area contributed by atoms with E-state index in [0.29, 0.717) is 57.1 Å². The average Bonchev–Trinajstić information content (AvgIpc) is 2.80. The smallest absolute Gasteiger partial charge is 0.409 e. The van der Waals surface area contributed by atoms with Gasteiger partial charge < -0.3 is 19.7 Å². The highest BCUT2D eigenvalue weighted by molar-refractivity contribution is 5.95. The van der Waals surface area contributed by atoms with Gasteiger partial charge in [-0.2, -0.15) is 0 Å². The molecule has 9 heteroatoms. The van der Waals surface area contributed by atoms with E-state index in [1.165, 1.54) is 0 Å². The Morgan fingerprint density at radius 1 is 1.00 bits per heavy atom. The number of likely N-dealkylation sites (N-methyl/N-ethyl adjacent to an activating group) is 1. The lowest BCUT2D eigenvalue weighted by atomic mass is 9.94. The van der Waals surface area contributed by atoms with E-state index in [4.69, 9.17) is 9.47 Å². The summed E-state index contributed by atoms with van der Waals surface area (Å²) in [6.07, 6.45) is -0.310. The molecule has 3 rings (SSSR count). The number of esters is 1. The van der Waals surface area contributed by atoms with E-state index in [0.717, 1.165) is 5.56 Å². The quantitative estimate of drug-likeness (QED) is 0.650. The minimum Gasteiger partial charge on any atom is -0.463 e. The molecule has 0 aliphatic carbocycles. The maximum atomic E-state index is 13.1. The second kappa shape index (κ2) is 11.0. The predicted octanol–water partition coefficient (Wildman–Crippen LogP) is 2.36. The molecule has 0 bridgehead atoms. The highest BCUT2D eigenvalue weighted by atomic mass is 16.6. The minimum absolute atomic E-state index is 0.241. The summed E-state index contributed by atoms with van der Waals surface area (Å²) in [5.41, 5.74) is 1.92. The number of urea groups is 1. The lowest BCUT2D eigenvalue weighted by Gasteiger charge is -2.40. The molecule has 0 aromatic heterocycles. The van der Waals surface area contributed by atoms with Crippen molar-refractivity contribution >= 4 is 18.1 Å². The van der Waals surface area contributed by atoms with Crippen molar-refractivity contribution in [2.45, 2.75) is 26.8 Å². The number of nitrogens with zero attached hydrogens (tertiary/aromatic N) is 3. The van der Waals surface area contributed by atoms with Gasteiger partial charge in [-0.3, -0.25) is 9.80 Å². The van der Waals surface area contributed by atoms with Crippen LogP contribution >= 0.6 is 0 Å². The first-order valence-corrected chi connectivity index (χ1v) is 11.2. The van der Waals surface area contributed by atoms with Crippen molar-refractivity contribution in [1.29, 1.82) is 0 Å². The monoisotopic (exact) mass is 444 g/mol. The average molecular weight is 445 g/mol. The van der Waals surface area contributed by atoms with Crippen LogP contribution in [0.15, 0.2) is 41.6 Å². The first kappa shape index (κ1) is 23.6. The summed E-state index contributed by atoms with van der Waals surface area (Å²) in [7, 11) is 0. The number of carbonyl (C=O) groups is 3. The fraction of sp³-hybridized carbons (Fsp3) is 0.522. The molecular formula is C23H32N4O5. The van der Waals surface area contributed by atoms with Crippen LogP contribution in [0.5, 0.6) is 0 Å². The molecule has 1 N–H and O–H groups in total. The van der Waals surface area contributed by atoms with Gasteiger partial charge in [-0.25, -0.2) is 14.4 Å². The van der Waals surface area contributed by atoms with Gasteiger partial charge in [0, 0.05) is 45.0 Å². The zero-order valence-corrected chi connectivity index (χ0v) is 19.0. The first-order chi connectivity index (χ1) is 15.5. The third kappa shape index (κ3) is 5.21. The van der Waals surface area contributed by atoms with E-state index >= 15 is 0 Å². The number of amides is 3. The summed E-state index contributed by atoms with van der Waals surface area (Å²) in [6, 6.07) is 8.61.